The maximum Gasteiger partial charge on any atom is 0.147 e. The van der Waals surface area contributed by atoms with Crippen LogP contribution in [-0.2, 0) is 6.42 Å². The number of halogens is 2. The zero-order valence-electron chi connectivity index (χ0n) is 9.01. The normalized spacial score (nSPS) is 10.5. The second-order valence-electron chi connectivity index (χ2n) is 3.42. The van der Waals surface area contributed by atoms with E-state index in [0.717, 1.165) is 27.5 Å². The predicted octanol–water partition coefficient (Wildman–Crippen LogP) is 2.44. The molecular weight excluding hydrogens is 336 g/mol. The summed E-state index contributed by atoms with van der Waals surface area (Å²) >= 11 is 6.99. The molecule has 0 bridgehead atoms. The first kappa shape index (κ1) is 14.0. The molecule has 3 nitrogen and oxygen atoms in total. The van der Waals surface area contributed by atoms with E-state index in [2.05, 4.69) is 31.9 Å². The van der Waals surface area contributed by atoms with Crippen molar-refractivity contribution < 1.29 is 4.74 Å². The quantitative estimate of drug-likeness (QED) is 0.774. The molecule has 0 spiro atoms. The number of nitrogens with two attached hydrogens (primary N) is 2. The van der Waals surface area contributed by atoms with Gasteiger partial charge in [0.25, 0.3) is 0 Å². The van der Waals surface area contributed by atoms with E-state index in [-0.39, 0.29) is 0 Å². The van der Waals surface area contributed by atoms with Gasteiger partial charge in [-0.1, -0.05) is 0 Å². The third kappa shape index (κ3) is 4.05. The largest absolute Gasteiger partial charge is 0.491 e. The fourth-order valence-corrected chi connectivity index (χ4v) is 2.83. The zero-order valence-corrected chi connectivity index (χ0v) is 12.2. The minimum Gasteiger partial charge on any atom is -0.491 e. The average molecular weight is 352 g/mol. The third-order valence-corrected chi connectivity index (χ3v) is 3.26. The molecule has 0 aliphatic carbocycles. The van der Waals surface area contributed by atoms with Crippen LogP contribution in [0.4, 0.5) is 0 Å². The molecule has 0 radical (unpaired) electrons. The number of benzene rings is 1. The van der Waals surface area contributed by atoms with Crippen LogP contribution < -0.4 is 16.2 Å². The molecule has 0 aliphatic heterocycles. The molecule has 1 aromatic rings. The van der Waals surface area contributed by atoms with E-state index in [1.54, 1.807) is 0 Å². The molecule has 4 N–H and O–H groups in total. The van der Waals surface area contributed by atoms with Crippen molar-refractivity contribution in [3.8, 4) is 5.75 Å². The molecule has 5 heteroatoms. The summed E-state index contributed by atoms with van der Waals surface area (Å²) in [7, 11) is 0. The van der Waals surface area contributed by atoms with Crippen molar-refractivity contribution >= 4 is 31.9 Å². The topological polar surface area (TPSA) is 61.3 Å². The fourth-order valence-electron chi connectivity index (χ4n) is 1.32. The first-order valence-electron chi connectivity index (χ1n) is 5.20. The predicted molar refractivity (Wildman–Crippen MR) is 73.8 cm³/mol. The van der Waals surface area contributed by atoms with Crippen LogP contribution in [-0.4, -0.2) is 19.7 Å². The summed E-state index contributed by atoms with van der Waals surface area (Å²) < 4.78 is 7.53. The van der Waals surface area contributed by atoms with Crippen molar-refractivity contribution in [3.63, 3.8) is 0 Å². The van der Waals surface area contributed by atoms with Gasteiger partial charge in [-0.3, -0.25) is 0 Å². The van der Waals surface area contributed by atoms with Gasteiger partial charge in [0.2, 0.25) is 0 Å². The SMILES string of the molecule is NCCCOc1c(Br)cc(CCN)cc1Br. The summed E-state index contributed by atoms with van der Waals surface area (Å²) in [5, 5.41) is 0. The minimum absolute atomic E-state index is 0.629. The summed E-state index contributed by atoms with van der Waals surface area (Å²) in [5.74, 6) is 0.828. The van der Waals surface area contributed by atoms with Crippen molar-refractivity contribution in [3.05, 3.63) is 26.6 Å². The maximum absolute atomic E-state index is 5.64. The van der Waals surface area contributed by atoms with Crippen molar-refractivity contribution in [1.29, 1.82) is 0 Å². The van der Waals surface area contributed by atoms with Crippen molar-refractivity contribution in [1.82, 2.24) is 0 Å². The lowest BCUT2D eigenvalue weighted by Gasteiger charge is -2.11. The van der Waals surface area contributed by atoms with Gasteiger partial charge in [0.1, 0.15) is 5.75 Å². The molecule has 1 rings (SSSR count). The van der Waals surface area contributed by atoms with Crippen molar-refractivity contribution in [2.24, 2.45) is 11.5 Å². The summed E-state index contributed by atoms with van der Waals surface area (Å²) in [6.45, 7) is 1.91. The molecule has 0 amide bonds. The van der Waals surface area contributed by atoms with Gasteiger partial charge in [0.15, 0.2) is 0 Å². The van der Waals surface area contributed by atoms with E-state index in [0.29, 0.717) is 19.7 Å². The summed E-state index contributed by atoms with van der Waals surface area (Å²) in [6.07, 6.45) is 1.71. The Labute approximate surface area is 113 Å². The lowest BCUT2D eigenvalue weighted by molar-refractivity contribution is 0.309. The third-order valence-electron chi connectivity index (χ3n) is 2.09. The Balaban J connectivity index is 2.77. The smallest absolute Gasteiger partial charge is 0.147 e. The second kappa shape index (κ2) is 7.27. The van der Waals surface area contributed by atoms with Gasteiger partial charge >= 0.3 is 0 Å². The fraction of sp³-hybridized carbons (Fsp3) is 0.455. The molecule has 0 aliphatic rings. The maximum atomic E-state index is 5.64. The summed E-state index contributed by atoms with van der Waals surface area (Å²) in [6, 6.07) is 4.07. The van der Waals surface area contributed by atoms with E-state index in [4.69, 9.17) is 16.2 Å². The molecule has 0 heterocycles. The molecule has 0 fully saturated rings. The van der Waals surface area contributed by atoms with Gasteiger partial charge in [-0.05, 0) is 75.5 Å². The second-order valence-corrected chi connectivity index (χ2v) is 5.13. The van der Waals surface area contributed by atoms with E-state index < -0.39 is 0 Å². The average Bonchev–Trinajstić information content (AvgIpc) is 2.23. The number of ether oxygens (including phenoxy) is 1. The Kier molecular flexibility index (Phi) is 6.34. The van der Waals surface area contributed by atoms with Crippen molar-refractivity contribution in [2.75, 3.05) is 19.7 Å². The number of rotatable bonds is 6. The first-order chi connectivity index (χ1) is 7.69. The van der Waals surface area contributed by atoms with Crippen LogP contribution in [0.1, 0.15) is 12.0 Å². The van der Waals surface area contributed by atoms with Gasteiger partial charge < -0.3 is 16.2 Å². The molecule has 0 saturated heterocycles. The Hall–Kier alpha value is -0.100. The minimum atomic E-state index is 0.629. The van der Waals surface area contributed by atoms with Crippen LogP contribution in [0.2, 0.25) is 0 Å². The van der Waals surface area contributed by atoms with Crippen LogP contribution >= 0.6 is 31.9 Å². The van der Waals surface area contributed by atoms with Crippen LogP contribution in [0.25, 0.3) is 0 Å². The lowest BCUT2D eigenvalue weighted by atomic mass is 10.1. The van der Waals surface area contributed by atoms with E-state index in [1.165, 1.54) is 5.56 Å². The zero-order chi connectivity index (χ0) is 12.0. The van der Waals surface area contributed by atoms with E-state index in [1.807, 2.05) is 12.1 Å². The van der Waals surface area contributed by atoms with Crippen molar-refractivity contribution in [2.45, 2.75) is 12.8 Å². The van der Waals surface area contributed by atoms with Crippen LogP contribution in [0.5, 0.6) is 5.75 Å². The Morgan fingerprint density at radius 2 is 1.69 bits per heavy atom. The molecule has 0 saturated carbocycles. The lowest BCUT2D eigenvalue weighted by Crippen LogP contribution is -2.07. The summed E-state index contributed by atoms with van der Waals surface area (Å²) in [4.78, 5) is 0. The Morgan fingerprint density at radius 1 is 1.06 bits per heavy atom. The molecular formula is C11H16Br2N2O. The van der Waals surface area contributed by atoms with Gasteiger partial charge in [0, 0.05) is 0 Å². The molecule has 0 unspecified atom stereocenters. The highest BCUT2D eigenvalue weighted by molar-refractivity contribution is 9.11. The monoisotopic (exact) mass is 350 g/mol. The van der Waals surface area contributed by atoms with Gasteiger partial charge in [-0.2, -0.15) is 0 Å². The Bertz CT molecular complexity index is 322. The van der Waals surface area contributed by atoms with Gasteiger partial charge in [-0.25, -0.2) is 0 Å². The van der Waals surface area contributed by atoms with E-state index >= 15 is 0 Å². The molecule has 16 heavy (non-hydrogen) atoms. The summed E-state index contributed by atoms with van der Waals surface area (Å²) in [5.41, 5.74) is 12.1. The van der Waals surface area contributed by atoms with Gasteiger partial charge in [-0.15, -0.1) is 0 Å². The number of hydrogen-bond acceptors (Lipinski definition) is 3. The highest BCUT2D eigenvalue weighted by atomic mass is 79.9. The van der Waals surface area contributed by atoms with Crippen LogP contribution in [0.15, 0.2) is 21.1 Å². The van der Waals surface area contributed by atoms with Crippen LogP contribution in [0.3, 0.4) is 0 Å². The standard InChI is InChI=1S/C11H16Br2N2O/c12-9-6-8(2-4-15)7-10(13)11(9)16-5-1-3-14/h6-7H,1-5,14-15H2. The van der Waals surface area contributed by atoms with Crippen LogP contribution in [0, 0.1) is 0 Å². The molecule has 0 atom stereocenters. The Morgan fingerprint density at radius 3 is 2.19 bits per heavy atom. The number of hydrogen-bond donors (Lipinski definition) is 2. The van der Waals surface area contributed by atoms with E-state index in [9.17, 15) is 0 Å². The highest BCUT2D eigenvalue weighted by Crippen LogP contribution is 2.34. The highest BCUT2D eigenvalue weighted by Gasteiger charge is 2.08. The van der Waals surface area contributed by atoms with Gasteiger partial charge in [0.05, 0.1) is 15.6 Å². The first-order valence-corrected chi connectivity index (χ1v) is 6.78. The molecule has 1 aromatic carbocycles. The molecule has 0 aromatic heterocycles. The molecule has 90 valence electrons.